The molecule has 6 heteroatoms. The summed E-state index contributed by atoms with van der Waals surface area (Å²) >= 11 is 5.96. The van der Waals surface area contributed by atoms with Gasteiger partial charge in [0.2, 0.25) is 0 Å². The minimum Gasteiger partial charge on any atom is -0.371 e. The summed E-state index contributed by atoms with van der Waals surface area (Å²) in [6.45, 7) is 4.05. The van der Waals surface area contributed by atoms with Gasteiger partial charge in [0.05, 0.1) is 0 Å². The summed E-state index contributed by atoms with van der Waals surface area (Å²) in [6, 6.07) is 16.1. The van der Waals surface area contributed by atoms with Crippen molar-refractivity contribution in [3.05, 3.63) is 64.7 Å². The number of hydrogen-bond donors (Lipinski definition) is 2. The largest absolute Gasteiger partial charge is 0.371 e. The summed E-state index contributed by atoms with van der Waals surface area (Å²) in [6.07, 6.45) is 1.08. The molecule has 1 fully saturated rings. The van der Waals surface area contributed by atoms with Crippen molar-refractivity contribution in [2.24, 2.45) is 5.92 Å². The van der Waals surface area contributed by atoms with E-state index < -0.39 is 0 Å². The Labute approximate surface area is 172 Å². The van der Waals surface area contributed by atoms with Gasteiger partial charge in [0.1, 0.15) is 0 Å². The van der Waals surface area contributed by atoms with E-state index in [2.05, 4.69) is 44.7 Å². The number of halogens is 1. The summed E-state index contributed by atoms with van der Waals surface area (Å²) < 4.78 is 0. The van der Waals surface area contributed by atoms with Crippen LogP contribution in [-0.4, -0.2) is 44.7 Å². The first kappa shape index (κ1) is 20.5. The van der Waals surface area contributed by atoms with E-state index in [0.29, 0.717) is 19.0 Å². The van der Waals surface area contributed by atoms with Crippen LogP contribution in [-0.2, 0) is 13.1 Å². The first-order valence-corrected chi connectivity index (χ1v) is 10.1. The van der Waals surface area contributed by atoms with Crippen molar-refractivity contribution in [1.82, 2.24) is 15.5 Å². The Kier molecular flexibility index (Phi) is 7.18. The maximum Gasteiger partial charge on any atom is 0.315 e. The SMILES string of the molecule is CN(C)Cc1ccccc1CNC(=O)NC[C@H]1CCN(c2ccc(Cl)cc2)C1. The zero-order valence-corrected chi connectivity index (χ0v) is 17.4. The van der Waals surface area contributed by atoms with Crippen LogP contribution >= 0.6 is 11.6 Å². The van der Waals surface area contributed by atoms with Crippen LogP contribution in [0.1, 0.15) is 17.5 Å². The highest BCUT2D eigenvalue weighted by atomic mass is 35.5. The summed E-state index contributed by atoms with van der Waals surface area (Å²) in [7, 11) is 4.09. The average molecular weight is 401 g/mol. The molecule has 1 aliphatic heterocycles. The second-order valence-corrected chi connectivity index (χ2v) is 8.08. The fraction of sp³-hybridized carbons (Fsp3) is 0.409. The Bertz CT molecular complexity index is 778. The van der Waals surface area contributed by atoms with Gasteiger partial charge >= 0.3 is 6.03 Å². The summed E-state index contributed by atoms with van der Waals surface area (Å²) in [5, 5.41) is 6.77. The molecule has 2 amide bonds. The molecule has 150 valence electrons. The number of anilines is 1. The molecular formula is C22H29ClN4O. The second-order valence-electron chi connectivity index (χ2n) is 7.65. The Morgan fingerprint density at radius 1 is 1.11 bits per heavy atom. The van der Waals surface area contributed by atoms with Crippen LogP contribution in [0.15, 0.2) is 48.5 Å². The molecule has 0 unspecified atom stereocenters. The minimum atomic E-state index is -0.107. The Hall–Kier alpha value is -2.24. The maximum absolute atomic E-state index is 12.2. The first-order valence-electron chi connectivity index (χ1n) is 9.75. The van der Waals surface area contributed by atoms with Gasteiger partial charge < -0.3 is 20.4 Å². The molecule has 0 aliphatic carbocycles. The van der Waals surface area contributed by atoms with E-state index in [1.807, 2.05) is 38.4 Å². The molecule has 28 heavy (non-hydrogen) atoms. The van der Waals surface area contributed by atoms with Crippen molar-refractivity contribution < 1.29 is 4.79 Å². The predicted octanol–water partition coefficient (Wildman–Crippen LogP) is 3.73. The number of nitrogens with zero attached hydrogens (tertiary/aromatic N) is 2. The normalized spacial score (nSPS) is 16.4. The topological polar surface area (TPSA) is 47.6 Å². The number of carbonyl (C=O) groups excluding carboxylic acids is 1. The van der Waals surface area contributed by atoms with Crippen molar-refractivity contribution in [3.8, 4) is 0 Å². The lowest BCUT2D eigenvalue weighted by molar-refractivity contribution is 0.239. The van der Waals surface area contributed by atoms with Gasteiger partial charge in [-0.25, -0.2) is 4.79 Å². The van der Waals surface area contributed by atoms with E-state index in [4.69, 9.17) is 11.6 Å². The van der Waals surface area contributed by atoms with Crippen LogP contribution < -0.4 is 15.5 Å². The standard InChI is InChI=1S/C22H29ClN4O/c1-26(2)16-19-6-4-3-5-18(19)14-25-22(28)24-13-17-11-12-27(15-17)21-9-7-20(23)8-10-21/h3-10,17H,11-16H2,1-2H3,(H2,24,25,28)/t17-/m1/s1. The smallest absolute Gasteiger partial charge is 0.315 e. The van der Waals surface area contributed by atoms with Crippen LogP contribution in [0.4, 0.5) is 10.5 Å². The number of urea groups is 1. The molecular weight excluding hydrogens is 372 g/mol. The third-order valence-electron chi connectivity index (χ3n) is 5.07. The van der Waals surface area contributed by atoms with Gasteiger partial charge in [0.15, 0.2) is 0 Å². The molecule has 0 radical (unpaired) electrons. The second kappa shape index (κ2) is 9.80. The molecule has 0 saturated carbocycles. The predicted molar refractivity (Wildman–Crippen MR) is 116 cm³/mol. The molecule has 2 N–H and O–H groups in total. The lowest BCUT2D eigenvalue weighted by Gasteiger charge is -2.19. The average Bonchev–Trinajstić information content (AvgIpc) is 3.15. The van der Waals surface area contributed by atoms with Crippen LogP contribution in [0.3, 0.4) is 0 Å². The number of hydrogen-bond acceptors (Lipinski definition) is 3. The fourth-order valence-electron chi connectivity index (χ4n) is 3.59. The summed E-state index contributed by atoms with van der Waals surface area (Å²) in [5.74, 6) is 0.461. The Morgan fingerprint density at radius 2 is 1.82 bits per heavy atom. The van der Waals surface area contributed by atoms with Crippen LogP contribution in [0.2, 0.25) is 5.02 Å². The van der Waals surface area contributed by atoms with Crippen molar-refractivity contribution in [2.75, 3.05) is 38.6 Å². The number of benzene rings is 2. The molecule has 2 aromatic rings. The molecule has 3 rings (SSSR count). The number of nitrogens with one attached hydrogen (secondary N) is 2. The molecule has 1 aliphatic rings. The van der Waals surface area contributed by atoms with Gasteiger partial charge in [-0.15, -0.1) is 0 Å². The van der Waals surface area contributed by atoms with E-state index in [0.717, 1.165) is 36.6 Å². The lowest BCUT2D eigenvalue weighted by Crippen LogP contribution is -2.38. The minimum absolute atomic E-state index is 0.107. The van der Waals surface area contributed by atoms with E-state index in [1.54, 1.807) is 0 Å². The van der Waals surface area contributed by atoms with Gasteiger partial charge in [-0.05, 0) is 61.8 Å². The molecule has 0 spiro atoms. The zero-order valence-electron chi connectivity index (χ0n) is 16.6. The number of rotatable bonds is 7. The van der Waals surface area contributed by atoms with Crippen molar-refractivity contribution in [3.63, 3.8) is 0 Å². The molecule has 1 saturated heterocycles. The summed E-state index contributed by atoms with van der Waals surface area (Å²) in [4.78, 5) is 16.7. The highest BCUT2D eigenvalue weighted by Gasteiger charge is 2.23. The van der Waals surface area contributed by atoms with Gasteiger partial charge in [-0.3, -0.25) is 0 Å². The van der Waals surface area contributed by atoms with Gasteiger partial charge in [0.25, 0.3) is 0 Å². The van der Waals surface area contributed by atoms with Gasteiger partial charge in [-0.1, -0.05) is 35.9 Å². The van der Waals surface area contributed by atoms with Gasteiger partial charge in [0, 0.05) is 43.4 Å². The summed E-state index contributed by atoms with van der Waals surface area (Å²) in [5.41, 5.74) is 3.58. The monoisotopic (exact) mass is 400 g/mol. The van der Waals surface area contributed by atoms with E-state index in [1.165, 1.54) is 11.3 Å². The Balaban J connectivity index is 1.42. The zero-order chi connectivity index (χ0) is 19.9. The molecule has 0 aromatic heterocycles. The van der Waals surface area contributed by atoms with Gasteiger partial charge in [-0.2, -0.15) is 0 Å². The highest BCUT2D eigenvalue weighted by molar-refractivity contribution is 6.30. The first-order chi connectivity index (χ1) is 13.5. The third-order valence-corrected chi connectivity index (χ3v) is 5.33. The van der Waals surface area contributed by atoms with E-state index >= 15 is 0 Å². The Morgan fingerprint density at radius 3 is 2.54 bits per heavy atom. The third kappa shape index (κ3) is 5.88. The molecule has 2 aromatic carbocycles. The van der Waals surface area contributed by atoms with E-state index in [9.17, 15) is 4.79 Å². The molecule has 5 nitrogen and oxygen atoms in total. The van der Waals surface area contributed by atoms with Crippen LogP contribution in [0.25, 0.3) is 0 Å². The maximum atomic E-state index is 12.2. The van der Waals surface area contributed by atoms with Crippen molar-refractivity contribution in [1.29, 1.82) is 0 Å². The quantitative estimate of drug-likeness (QED) is 0.744. The van der Waals surface area contributed by atoms with Crippen LogP contribution in [0.5, 0.6) is 0 Å². The fourth-order valence-corrected chi connectivity index (χ4v) is 3.71. The lowest BCUT2D eigenvalue weighted by atomic mass is 10.1. The highest BCUT2D eigenvalue weighted by Crippen LogP contribution is 2.24. The van der Waals surface area contributed by atoms with Crippen molar-refractivity contribution in [2.45, 2.75) is 19.5 Å². The number of carbonyl (C=O) groups is 1. The van der Waals surface area contributed by atoms with Crippen LogP contribution in [0, 0.1) is 5.92 Å². The number of amides is 2. The van der Waals surface area contributed by atoms with Crippen molar-refractivity contribution >= 4 is 23.3 Å². The molecule has 0 bridgehead atoms. The van der Waals surface area contributed by atoms with E-state index in [-0.39, 0.29) is 6.03 Å². The molecule has 1 heterocycles. The molecule has 1 atom stereocenters.